The Balaban J connectivity index is 2.04. The van der Waals surface area contributed by atoms with E-state index in [9.17, 15) is 8.42 Å². The lowest BCUT2D eigenvalue weighted by Gasteiger charge is -2.02. The van der Waals surface area contributed by atoms with Crippen LogP contribution in [0.2, 0.25) is 0 Å². The second-order valence-electron chi connectivity index (χ2n) is 4.23. The number of thiophene rings is 1. The molecule has 0 aromatic carbocycles. The Morgan fingerprint density at radius 3 is 2.74 bits per heavy atom. The van der Waals surface area contributed by atoms with E-state index in [1.807, 2.05) is 26.1 Å². The molecule has 2 rings (SSSR count). The van der Waals surface area contributed by atoms with Gasteiger partial charge in [-0.3, -0.25) is 0 Å². The zero-order chi connectivity index (χ0) is 13.9. The van der Waals surface area contributed by atoms with Gasteiger partial charge in [-0.25, -0.2) is 13.1 Å². The van der Waals surface area contributed by atoms with E-state index in [0.717, 1.165) is 10.6 Å². The first-order valence-corrected chi connectivity index (χ1v) is 8.18. The maximum absolute atomic E-state index is 12.1. The Morgan fingerprint density at radius 2 is 2.11 bits per heavy atom. The van der Waals surface area contributed by atoms with Crippen LogP contribution in [-0.4, -0.2) is 20.4 Å². The molecule has 7 heteroatoms. The van der Waals surface area contributed by atoms with E-state index in [2.05, 4.69) is 15.0 Å². The van der Waals surface area contributed by atoms with Gasteiger partial charge in [-0.2, -0.15) is 0 Å². The van der Waals surface area contributed by atoms with Crippen LogP contribution in [0.3, 0.4) is 0 Å². The summed E-state index contributed by atoms with van der Waals surface area (Å²) in [7, 11) is -1.64. The molecule has 0 atom stereocenters. The SMILES string of the molecule is CNCc1cc(S(=O)(=O)NCc2ccc(C)s2)c[nH]1. The van der Waals surface area contributed by atoms with Gasteiger partial charge in [0.25, 0.3) is 0 Å². The fourth-order valence-corrected chi connectivity index (χ4v) is 3.64. The van der Waals surface area contributed by atoms with Crippen LogP contribution in [0.5, 0.6) is 0 Å². The number of H-pyrrole nitrogens is 1. The molecule has 0 aliphatic rings. The topological polar surface area (TPSA) is 74.0 Å². The number of aromatic amines is 1. The lowest BCUT2D eigenvalue weighted by molar-refractivity contribution is 0.582. The highest BCUT2D eigenvalue weighted by molar-refractivity contribution is 7.89. The number of rotatable bonds is 6. The zero-order valence-electron chi connectivity index (χ0n) is 10.9. The summed E-state index contributed by atoms with van der Waals surface area (Å²) >= 11 is 1.59. The van der Waals surface area contributed by atoms with Crippen LogP contribution in [0.25, 0.3) is 0 Å². The van der Waals surface area contributed by atoms with Gasteiger partial charge in [-0.15, -0.1) is 11.3 Å². The second kappa shape index (κ2) is 5.87. The lowest BCUT2D eigenvalue weighted by Crippen LogP contribution is -2.22. The Bertz CT molecular complexity index is 643. The highest BCUT2D eigenvalue weighted by atomic mass is 32.2. The van der Waals surface area contributed by atoms with Crippen LogP contribution in [0.1, 0.15) is 15.4 Å². The monoisotopic (exact) mass is 299 g/mol. The van der Waals surface area contributed by atoms with Gasteiger partial charge in [0.15, 0.2) is 0 Å². The van der Waals surface area contributed by atoms with Crippen LogP contribution in [0, 0.1) is 6.92 Å². The molecule has 0 fully saturated rings. The van der Waals surface area contributed by atoms with E-state index in [1.54, 1.807) is 17.4 Å². The second-order valence-corrected chi connectivity index (χ2v) is 7.37. The normalized spacial score (nSPS) is 11.9. The Labute approximate surface area is 117 Å². The summed E-state index contributed by atoms with van der Waals surface area (Å²) in [6.07, 6.45) is 1.51. The fraction of sp³-hybridized carbons (Fsp3) is 0.333. The molecule has 2 aromatic rings. The standard InChI is InChI=1S/C12H17N3O2S2/c1-9-3-4-11(18-9)7-15-19(16,17)12-5-10(6-13-2)14-8-12/h3-5,8,13-15H,6-7H2,1-2H3. The number of aryl methyl sites for hydroxylation is 1. The van der Waals surface area contributed by atoms with E-state index in [-0.39, 0.29) is 4.90 Å². The molecule has 0 unspecified atom stereocenters. The summed E-state index contributed by atoms with van der Waals surface area (Å²) in [6, 6.07) is 5.56. The van der Waals surface area contributed by atoms with Crippen LogP contribution >= 0.6 is 11.3 Å². The van der Waals surface area contributed by atoms with E-state index in [4.69, 9.17) is 0 Å². The van der Waals surface area contributed by atoms with E-state index in [0.29, 0.717) is 13.1 Å². The van der Waals surface area contributed by atoms with Crippen molar-refractivity contribution in [3.8, 4) is 0 Å². The third kappa shape index (κ3) is 3.66. The van der Waals surface area contributed by atoms with Gasteiger partial charge < -0.3 is 10.3 Å². The van der Waals surface area contributed by atoms with Crippen molar-refractivity contribution in [3.63, 3.8) is 0 Å². The van der Waals surface area contributed by atoms with Gasteiger partial charge in [0.2, 0.25) is 10.0 Å². The molecule has 0 aliphatic heterocycles. The molecular formula is C12H17N3O2S2. The van der Waals surface area contributed by atoms with Gasteiger partial charge in [-0.1, -0.05) is 0 Å². The van der Waals surface area contributed by atoms with Crippen LogP contribution in [0.4, 0.5) is 0 Å². The van der Waals surface area contributed by atoms with E-state index < -0.39 is 10.0 Å². The molecule has 2 aromatic heterocycles. The molecule has 3 N–H and O–H groups in total. The van der Waals surface area contributed by atoms with Gasteiger partial charge >= 0.3 is 0 Å². The minimum atomic E-state index is -3.45. The van der Waals surface area contributed by atoms with Gasteiger partial charge in [0, 0.05) is 34.7 Å². The minimum absolute atomic E-state index is 0.269. The molecule has 0 amide bonds. The highest BCUT2D eigenvalue weighted by Crippen LogP contribution is 2.16. The maximum atomic E-state index is 12.1. The number of nitrogens with one attached hydrogen (secondary N) is 3. The third-order valence-corrected chi connectivity index (χ3v) is 5.01. The maximum Gasteiger partial charge on any atom is 0.242 e. The molecule has 19 heavy (non-hydrogen) atoms. The summed E-state index contributed by atoms with van der Waals surface area (Å²) in [6.45, 7) is 2.94. The summed E-state index contributed by atoms with van der Waals surface area (Å²) in [4.78, 5) is 5.39. The zero-order valence-corrected chi connectivity index (χ0v) is 12.5. The average Bonchev–Trinajstić information content (AvgIpc) is 2.97. The number of aromatic nitrogens is 1. The molecule has 0 radical (unpaired) electrons. The number of sulfonamides is 1. The van der Waals surface area contributed by atoms with Crippen molar-refractivity contribution < 1.29 is 8.42 Å². The van der Waals surface area contributed by atoms with E-state index in [1.165, 1.54) is 11.1 Å². The fourth-order valence-electron chi connectivity index (χ4n) is 1.70. The predicted molar refractivity (Wildman–Crippen MR) is 76.6 cm³/mol. The molecule has 0 saturated heterocycles. The van der Waals surface area contributed by atoms with Crippen molar-refractivity contribution in [2.75, 3.05) is 7.05 Å². The molecule has 0 aliphatic carbocycles. The Kier molecular flexibility index (Phi) is 4.41. The minimum Gasteiger partial charge on any atom is -0.363 e. The predicted octanol–water partition coefficient (Wildman–Crippen LogP) is 1.58. The summed E-state index contributed by atoms with van der Waals surface area (Å²) in [5.41, 5.74) is 0.842. The van der Waals surface area contributed by atoms with Crippen molar-refractivity contribution in [1.29, 1.82) is 0 Å². The largest absolute Gasteiger partial charge is 0.363 e. The Hall–Kier alpha value is -1.15. The quantitative estimate of drug-likeness (QED) is 0.758. The van der Waals surface area contributed by atoms with Crippen LogP contribution in [-0.2, 0) is 23.1 Å². The summed E-state index contributed by atoms with van der Waals surface area (Å²) in [5, 5.41) is 2.96. The van der Waals surface area contributed by atoms with Crippen molar-refractivity contribution >= 4 is 21.4 Å². The first-order chi connectivity index (χ1) is 9.01. The van der Waals surface area contributed by atoms with Crippen molar-refractivity contribution in [3.05, 3.63) is 39.8 Å². The first kappa shape index (κ1) is 14.3. The van der Waals surface area contributed by atoms with Crippen LogP contribution < -0.4 is 10.0 Å². The van der Waals surface area contributed by atoms with Gasteiger partial charge in [0.1, 0.15) is 0 Å². The highest BCUT2D eigenvalue weighted by Gasteiger charge is 2.15. The van der Waals surface area contributed by atoms with Crippen molar-refractivity contribution in [2.24, 2.45) is 0 Å². The van der Waals surface area contributed by atoms with Gasteiger partial charge in [0.05, 0.1) is 4.90 Å². The average molecular weight is 299 g/mol. The molecular weight excluding hydrogens is 282 g/mol. The van der Waals surface area contributed by atoms with E-state index >= 15 is 0 Å². The number of hydrogen-bond acceptors (Lipinski definition) is 4. The number of hydrogen-bond donors (Lipinski definition) is 3. The summed E-state index contributed by atoms with van der Waals surface area (Å²) in [5.74, 6) is 0. The third-order valence-electron chi connectivity index (χ3n) is 2.63. The lowest BCUT2D eigenvalue weighted by atomic mass is 10.4. The first-order valence-electron chi connectivity index (χ1n) is 5.88. The Morgan fingerprint density at radius 1 is 1.32 bits per heavy atom. The van der Waals surface area contributed by atoms with Crippen molar-refractivity contribution in [2.45, 2.75) is 24.9 Å². The molecule has 104 valence electrons. The smallest absolute Gasteiger partial charge is 0.242 e. The molecule has 2 heterocycles. The molecule has 0 bridgehead atoms. The van der Waals surface area contributed by atoms with Crippen molar-refractivity contribution in [1.82, 2.24) is 15.0 Å². The molecule has 0 spiro atoms. The summed E-state index contributed by atoms with van der Waals surface area (Å²) < 4.78 is 26.8. The molecule has 0 saturated carbocycles. The van der Waals surface area contributed by atoms with Gasteiger partial charge in [-0.05, 0) is 32.2 Å². The van der Waals surface area contributed by atoms with Crippen LogP contribution in [0.15, 0.2) is 29.3 Å². The molecule has 5 nitrogen and oxygen atoms in total.